The Morgan fingerprint density at radius 3 is 2.79 bits per heavy atom. The lowest BCUT2D eigenvalue weighted by atomic mass is 10.2. The molecule has 1 aromatic rings. The number of pyridine rings is 1. The minimum absolute atomic E-state index is 0.0344. The van der Waals surface area contributed by atoms with Gasteiger partial charge < -0.3 is 10.5 Å². The molecule has 0 aliphatic rings. The second-order valence-electron chi connectivity index (χ2n) is 3.42. The Morgan fingerprint density at radius 1 is 1.50 bits per heavy atom. The molecule has 3 heteroatoms. The van der Waals surface area contributed by atoms with Crippen LogP contribution in [-0.2, 0) is 0 Å². The van der Waals surface area contributed by atoms with Crippen molar-refractivity contribution in [2.45, 2.75) is 32.7 Å². The first kappa shape index (κ1) is 11.0. The van der Waals surface area contributed by atoms with Gasteiger partial charge in [0, 0.05) is 18.3 Å². The third kappa shape index (κ3) is 3.34. The van der Waals surface area contributed by atoms with Crippen LogP contribution in [0.1, 0.15) is 38.3 Å². The molecule has 78 valence electrons. The first-order valence-electron chi connectivity index (χ1n) is 5.08. The quantitative estimate of drug-likeness (QED) is 0.731. The van der Waals surface area contributed by atoms with Crippen LogP contribution in [0, 0.1) is 0 Å². The van der Waals surface area contributed by atoms with Gasteiger partial charge in [-0.15, -0.1) is 0 Å². The number of nitrogens with two attached hydrogens (primary N) is 1. The van der Waals surface area contributed by atoms with Crippen molar-refractivity contribution in [2.24, 2.45) is 5.73 Å². The summed E-state index contributed by atoms with van der Waals surface area (Å²) in [5.41, 5.74) is 6.74. The molecule has 2 N–H and O–H groups in total. The summed E-state index contributed by atoms with van der Waals surface area (Å²) in [6.45, 7) is 4.81. The van der Waals surface area contributed by atoms with Gasteiger partial charge in [-0.2, -0.15) is 0 Å². The molecule has 0 aliphatic carbocycles. The van der Waals surface area contributed by atoms with E-state index in [1.165, 1.54) is 0 Å². The van der Waals surface area contributed by atoms with Crippen LogP contribution < -0.4 is 10.5 Å². The molecule has 1 aromatic heterocycles. The van der Waals surface area contributed by atoms with Crippen LogP contribution in [0.4, 0.5) is 0 Å². The van der Waals surface area contributed by atoms with Crippen molar-refractivity contribution in [1.29, 1.82) is 0 Å². The molecule has 0 unspecified atom stereocenters. The van der Waals surface area contributed by atoms with Gasteiger partial charge in [0.25, 0.3) is 0 Å². The summed E-state index contributed by atoms with van der Waals surface area (Å²) in [4.78, 5) is 4.17. The lowest BCUT2D eigenvalue weighted by Gasteiger charge is -2.07. The zero-order valence-corrected chi connectivity index (χ0v) is 8.86. The molecule has 1 rings (SSSR count). The van der Waals surface area contributed by atoms with E-state index in [-0.39, 0.29) is 6.04 Å². The van der Waals surface area contributed by atoms with Gasteiger partial charge in [-0.25, -0.2) is 4.98 Å². The number of rotatable bonds is 5. The zero-order valence-electron chi connectivity index (χ0n) is 8.86. The minimum Gasteiger partial charge on any atom is -0.478 e. The fourth-order valence-corrected chi connectivity index (χ4v) is 1.07. The number of hydrogen-bond acceptors (Lipinski definition) is 3. The van der Waals surface area contributed by atoms with Crippen molar-refractivity contribution in [1.82, 2.24) is 4.98 Å². The predicted octanol–water partition coefficient (Wildman–Crippen LogP) is 2.28. The van der Waals surface area contributed by atoms with Crippen molar-refractivity contribution in [3.05, 3.63) is 23.9 Å². The number of hydrogen-bond donors (Lipinski definition) is 1. The standard InChI is InChI=1S/C11H18N2O/c1-3-4-7-14-11-6-5-10(8-13-11)9(2)12/h5-6,8-9H,3-4,7,12H2,1-2H3/t9-/m0/s1. The van der Waals surface area contributed by atoms with E-state index in [4.69, 9.17) is 10.5 Å². The van der Waals surface area contributed by atoms with Crippen LogP contribution in [0.2, 0.25) is 0 Å². The molecule has 1 atom stereocenters. The fraction of sp³-hybridized carbons (Fsp3) is 0.545. The summed E-state index contributed by atoms with van der Waals surface area (Å²) in [5, 5.41) is 0. The van der Waals surface area contributed by atoms with E-state index in [0.717, 1.165) is 25.0 Å². The van der Waals surface area contributed by atoms with Crippen LogP contribution in [0.3, 0.4) is 0 Å². The molecule has 0 bridgehead atoms. The van der Waals surface area contributed by atoms with Gasteiger partial charge in [0.2, 0.25) is 5.88 Å². The first-order chi connectivity index (χ1) is 6.74. The number of aromatic nitrogens is 1. The molecule has 0 aliphatic heterocycles. The lowest BCUT2D eigenvalue weighted by molar-refractivity contribution is 0.297. The molecule has 0 fully saturated rings. The summed E-state index contributed by atoms with van der Waals surface area (Å²) < 4.78 is 5.43. The van der Waals surface area contributed by atoms with E-state index in [1.807, 2.05) is 19.1 Å². The monoisotopic (exact) mass is 194 g/mol. The molecular formula is C11H18N2O. The molecule has 0 aromatic carbocycles. The van der Waals surface area contributed by atoms with Crippen molar-refractivity contribution < 1.29 is 4.74 Å². The highest BCUT2D eigenvalue weighted by atomic mass is 16.5. The van der Waals surface area contributed by atoms with Crippen LogP contribution in [-0.4, -0.2) is 11.6 Å². The highest BCUT2D eigenvalue weighted by Crippen LogP contribution is 2.12. The molecule has 3 nitrogen and oxygen atoms in total. The van der Waals surface area contributed by atoms with Crippen molar-refractivity contribution in [3.63, 3.8) is 0 Å². The van der Waals surface area contributed by atoms with Gasteiger partial charge in [-0.3, -0.25) is 0 Å². The molecule has 14 heavy (non-hydrogen) atoms. The van der Waals surface area contributed by atoms with Gasteiger partial charge in [-0.05, 0) is 18.9 Å². The number of nitrogens with zero attached hydrogens (tertiary/aromatic N) is 1. The summed E-state index contributed by atoms with van der Waals surface area (Å²) in [6.07, 6.45) is 3.97. The van der Waals surface area contributed by atoms with Crippen molar-refractivity contribution in [3.8, 4) is 5.88 Å². The van der Waals surface area contributed by atoms with Crippen LogP contribution >= 0.6 is 0 Å². The summed E-state index contributed by atoms with van der Waals surface area (Å²) in [7, 11) is 0. The minimum atomic E-state index is 0.0344. The third-order valence-corrected chi connectivity index (χ3v) is 2.03. The van der Waals surface area contributed by atoms with E-state index in [2.05, 4.69) is 11.9 Å². The molecule has 1 heterocycles. The van der Waals surface area contributed by atoms with E-state index >= 15 is 0 Å². The van der Waals surface area contributed by atoms with Gasteiger partial charge in [0.05, 0.1) is 6.61 Å². The smallest absolute Gasteiger partial charge is 0.213 e. The summed E-state index contributed by atoms with van der Waals surface area (Å²) >= 11 is 0. The topological polar surface area (TPSA) is 48.1 Å². The first-order valence-corrected chi connectivity index (χ1v) is 5.08. The largest absolute Gasteiger partial charge is 0.478 e. The van der Waals surface area contributed by atoms with Gasteiger partial charge in [-0.1, -0.05) is 19.4 Å². The fourth-order valence-electron chi connectivity index (χ4n) is 1.07. The van der Waals surface area contributed by atoms with E-state index in [1.54, 1.807) is 6.20 Å². The Bertz CT molecular complexity index is 256. The highest BCUT2D eigenvalue weighted by molar-refractivity contribution is 5.19. The predicted molar refractivity (Wildman–Crippen MR) is 57.2 cm³/mol. The highest BCUT2D eigenvalue weighted by Gasteiger charge is 2.00. The summed E-state index contributed by atoms with van der Waals surface area (Å²) in [6, 6.07) is 3.86. The number of unbranched alkanes of at least 4 members (excludes halogenated alkanes) is 1. The van der Waals surface area contributed by atoms with Gasteiger partial charge in [0.15, 0.2) is 0 Å². The Balaban J connectivity index is 2.47. The van der Waals surface area contributed by atoms with Gasteiger partial charge in [0.1, 0.15) is 0 Å². The van der Waals surface area contributed by atoms with Crippen molar-refractivity contribution in [2.75, 3.05) is 6.61 Å². The number of ether oxygens (including phenoxy) is 1. The Hall–Kier alpha value is -1.09. The maximum Gasteiger partial charge on any atom is 0.213 e. The average molecular weight is 194 g/mol. The van der Waals surface area contributed by atoms with Gasteiger partial charge >= 0.3 is 0 Å². The average Bonchev–Trinajstić information content (AvgIpc) is 2.19. The van der Waals surface area contributed by atoms with E-state index in [0.29, 0.717) is 5.88 Å². The molecular weight excluding hydrogens is 176 g/mol. The van der Waals surface area contributed by atoms with E-state index < -0.39 is 0 Å². The molecule has 0 radical (unpaired) electrons. The van der Waals surface area contributed by atoms with E-state index in [9.17, 15) is 0 Å². The molecule has 0 amide bonds. The maximum absolute atomic E-state index is 5.70. The Kier molecular flexibility index (Phi) is 4.40. The van der Waals surface area contributed by atoms with Crippen LogP contribution in [0.5, 0.6) is 5.88 Å². The van der Waals surface area contributed by atoms with Crippen molar-refractivity contribution >= 4 is 0 Å². The van der Waals surface area contributed by atoms with Crippen LogP contribution in [0.15, 0.2) is 18.3 Å². The second-order valence-corrected chi connectivity index (χ2v) is 3.42. The lowest BCUT2D eigenvalue weighted by Crippen LogP contribution is -2.05. The SMILES string of the molecule is CCCCOc1ccc([C@H](C)N)cn1. The Labute approximate surface area is 85.3 Å². The Morgan fingerprint density at radius 2 is 2.29 bits per heavy atom. The maximum atomic E-state index is 5.70. The summed E-state index contributed by atoms with van der Waals surface area (Å²) in [5.74, 6) is 0.683. The second kappa shape index (κ2) is 5.60. The molecule has 0 saturated heterocycles. The third-order valence-electron chi connectivity index (χ3n) is 2.03. The normalized spacial score (nSPS) is 12.5. The van der Waals surface area contributed by atoms with Crippen LogP contribution in [0.25, 0.3) is 0 Å². The zero-order chi connectivity index (χ0) is 10.4. The molecule has 0 spiro atoms. The molecule has 0 saturated carbocycles.